The highest BCUT2D eigenvalue weighted by atomic mass is 32.2. The van der Waals surface area contributed by atoms with E-state index >= 15 is 0 Å². The molecule has 4 rings (SSSR count). The number of thioether (sulfide) groups is 1. The molecule has 2 aromatic carbocycles. The first kappa shape index (κ1) is 19.7. The van der Waals surface area contributed by atoms with E-state index < -0.39 is 0 Å². The van der Waals surface area contributed by atoms with Gasteiger partial charge in [-0.15, -0.1) is 0 Å². The van der Waals surface area contributed by atoms with Gasteiger partial charge in [-0.25, -0.2) is 0 Å². The maximum Gasteiger partial charge on any atom is 0.270 e. The highest BCUT2D eigenvalue weighted by Gasteiger charge is 2.33. The van der Waals surface area contributed by atoms with Gasteiger partial charge < -0.3 is 4.57 Å². The number of aromatic nitrogens is 1. The lowest BCUT2D eigenvalue weighted by atomic mass is 10.1. The minimum absolute atomic E-state index is 0.0672. The van der Waals surface area contributed by atoms with Crippen molar-refractivity contribution in [2.45, 2.75) is 27.7 Å². The first-order valence-electron chi connectivity index (χ1n) is 9.46. The number of hydrogen-bond acceptors (Lipinski definition) is 3. The Labute approximate surface area is 181 Å². The van der Waals surface area contributed by atoms with Crippen LogP contribution in [0.15, 0.2) is 59.5 Å². The Morgan fingerprint density at radius 1 is 0.897 bits per heavy atom. The number of thiocarbonyl (C=S) groups is 1. The summed E-state index contributed by atoms with van der Waals surface area (Å²) in [6.07, 6.45) is 1.96. The van der Waals surface area contributed by atoms with Crippen molar-refractivity contribution in [1.29, 1.82) is 0 Å². The zero-order valence-corrected chi connectivity index (χ0v) is 18.5. The van der Waals surface area contributed by atoms with E-state index in [4.69, 9.17) is 12.2 Å². The van der Waals surface area contributed by atoms with E-state index in [1.165, 1.54) is 22.9 Å². The van der Waals surface area contributed by atoms with Crippen LogP contribution in [0.5, 0.6) is 0 Å². The molecule has 29 heavy (non-hydrogen) atoms. The number of aryl methyl sites for hydroxylation is 3. The first-order chi connectivity index (χ1) is 13.8. The molecule has 5 heteroatoms. The molecule has 3 aromatic rings. The van der Waals surface area contributed by atoms with E-state index in [0.29, 0.717) is 9.23 Å². The molecule has 0 atom stereocenters. The van der Waals surface area contributed by atoms with Crippen molar-refractivity contribution in [3.05, 3.63) is 87.6 Å². The molecule has 0 aliphatic carbocycles. The maximum atomic E-state index is 13.0. The number of benzene rings is 2. The third-order valence-corrected chi connectivity index (χ3v) is 6.33. The number of hydrogen-bond donors (Lipinski definition) is 0. The SMILES string of the molecule is Cc1cc(C)cc(-n2c(C)cc(/C=C3/SC(=S)N(c4ccccc4)C3=O)c2C)c1. The fraction of sp³-hybridized carbons (Fsp3) is 0.167. The summed E-state index contributed by atoms with van der Waals surface area (Å²) < 4.78 is 2.81. The molecule has 0 radical (unpaired) electrons. The van der Waals surface area contributed by atoms with Crippen LogP contribution >= 0.6 is 24.0 Å². The van der Waals surface area contributed by atoms with Gasteiger partial charge >= 0.3 is 0 Å². The standard InChI is InChI=1S/C24H22N2OS2/c1-15-10-16(2)12-21(11-15)25-17(3)13-19(18(25)4)14-22-23(27)26(24(28)29-22)20-8-6-5-7-9-20/h5-14H,1-4H3/b22-14+. The number of amides is 1. The van der Waals surface area contributed by atoms with Gasteiger partial charge in [0, 0.05) is 17.1 Å². The number of carbonyl (C=O) groups is 1. The predicted molar refractivity (Wildman–Crippen MR) is 127 cm³/mol. The summed E-state index contributed by atoms with van der Waals surface area (Å²) >= 11 is 6.84. The Hall–Kier alpha value is -2.63. The van der Waals surface area contributed by atoms with E-state index in [-0.39, 0.29) is 5.91 Å². The van der Waals surface area contributed by atoms with Crippen molar-refractivity contribution in [1.82, 2.24) is 4.57 Å². The molecule has 1 aliphatic heterocycles. The van der Waals surface area contributed by atoms with E-state index in [2.05, 4.69) is 56.5 Å². The number of carbonyl (C=O) groups excluding carboxylic acids is 1. The molecule has 0 saturated carbocycles. The maximum absolute atomic E-state index is 13.0. The van der Waals surface area contributed by atoms with Crippen LogP contribution in [0.3, 0.4) is 0 Å². The summed E-state index contributed by atoms with van der Waals surface area (Å²) in [6.45, 7) is 8.41. The molecule has 0 bridgehead atoms. The smallest absolute Gasteiger partial charge is 0.270 e. The highest BCUT2D eigenvalue weighted by molar-refractivity contribution is 8.27. The molecule has 1 amide bonds. The minimum Gasteiger partial charge on any atom is -0.318 e. The van der Waals surface area contributed by atoms with Gasteiger partial charge in [0.1, 0.15) is 0 Å². The van der Waals surface area contributed by atoms with Gasteiger partial charge in [0.15, 0.2) is 4.32 Å². The molecule has 0 spiro atoms. The van der Waals surface area contributed by atoms with Gasteiger partial charge in [0.05, 0.1) is 10.6 Å². The largest absolute Gasteiger partial charge is 0.318 e. The van der Waals surface area contributed by atoms with Crippen molar-refractivity contribution < 1.29 is 4.79 Å². The van der Waals surface area contributed by atoms with E-state index in [1.54, 1.807) is 4.90 Å². The second-order valence-electron chi connectivity index (χ2n) is 7.36. The lowest BCUT2D eigenvalue weighted by molar-refractivity contribution is -0.113. The molecule has 2 heterocycles. The highest BCUT2D eigenvalue weighted by Crippen LogP contribution is 2.36. The van der Waals surface area contributed by atoms with Gasteiger partial charge in [-0.1, -0.05) is 48.2 Å². The summed E-state index contributed by atoms with van der Waals surface area (Å²) in [5, 5.41) is 0. The Morgan fingerprint density at radius 2 is 1.55 bits per heavy atom. The average molecular weight is 419 g/mol. The average Bonchev–Trinajstić information content (AvgIpc) is 3.10. The van der Waals surface area contributed by atoms with Crippen molar-refractivity contribution in [3.63, 3.8) is 0 Å². The van der Waals surface area contributed by atoms with Crippen LogP contribution < -0.4 is 4.90 Å². The van der Waals surface area contributed by atoms with Gasteiger partial charge in [0.25, 0.3) is 5.91 Å². The Morgan fingerprint density at radius 3 is 2.21 bits per heavy atom. The summed E-state index contributed by atoms with van der Waals surface area (Å²) in [6, 6.07) is 18.2. The van der Waals surface area contributed by atoms with Crippen LogP contribution in [-0.2, 0) is 4.79 Å². The van der Waals surface area contributed by atoms with Crippen LogP contribution in [0, 0.1) is 27.7 Å². The third-order valence-electron chi connectivity index (χ3n) is 5.03. The lowest BCUT2D eigenvalue weighted by Gasteiger charge is -2.13. The summed E-state index contributed by atoms with van der Waals surface area (Å²) in [5.74, 6) is -0.0672. The molecule has 146 valence electrons. The van der Waals surface area contributed by atoms with Crippen molar-refractivity contribution in [2.24, 2.45) is 0 Å². The third kappa shape index (κ3) is 3.68. The fourth-order valence-corrected chi connectivity index (χ4v) is 5.11. The Balaban J connectivity index is 1.73. The van der Waals surface area contributed by atoms with Gasteiger partial charge in [-0.05, 0) is 80.8 Å². The van der Waals surface area contributed by atoms with Crippen molar-refractivity contribution >= 4 is 46.0 Å². The second kappa shape index (κ2) is 7.65. The zero-order valence-electron chi connectivity index (χ0n) is 16.9. The molecule has 1 aromatic heterocycles. The first-order valence-corrected chi connectivity index (χ1v) is 10.7. The molecule has 1 fully saturated rings. The summed E-state index contributed by atoms with van der Waals surface area (Å²) in [7, 11) is 0. The molecule has 0 N–H and O–H groups in total. The second-order valence-corrected chi connectivity index (χ2v) is 9.04. The van der Waals surface area contributed by atoms with Crippen LogP contribution in [0.4, 0.5) is 5.69 Å². The van der Waals surface area contributed by atoms with Crippen LogP contribution in [0.2, 0.25) is 0 Å². The number of rotatable bonds is 3. The van der Waals surface area contributed by atoms with Crippen LogP contribution in [0.25, 0.3) is 11.8 Å². The van der Waals surface area contributed by atoms with E-state index in [9.17, 15) is 4.79 Å². The minimum atomic E-state index is -0.0672. The molecule has 3 nitrogen and oxygen atoms in total. The summed E-state index contributed by atoms with van der Waals surface area (Å²) in [5.41, 5.74) is 7.70. The molecule has 1 aliphatic rings. The number of para-hydroxylation sites is 1. The fourth-order valence-electron chi connectivity index (χ4n) is 3.82. The van der Waals surface area contributed by atoms with Crippen LogP contribution in [0.1, 0.15) is 28.1 Å². The van der Waals surface area contributed by atoms with Crippen molar-refractivity contribution in [3.8, 4) is 5.69 Å². The lowest BCUT2D eigenvalue weighted by Crippen LogP contribution is -2.27. The number of nitrogens with zero attached hydrogens (tertiary/aromatic N) is 2. The number of anilines is 1. The normalized spacial score (nSPS) is 15.6. The predicted octanol–water partition coefficient (Wildman–Crippen LogP) is 6.12. The molecular weight excluding hydrogens is 396 g/mol. The quantitative estimate of drug-likeness (QED) is 0.379. The van der Waals surface area contributed by atoms with E-state index in [0.717, 1.165) is 28.3 Å². The Bertz CT molecular complexity index is 1140. The topological polar surface area (TPSA) is 25.2 Å². The van der Waals surface area contributed by atoms with E-state index in [1.807, 2.05) is 36.4 Å². The van der Waals surface area contributed by atoms with Gasteiger partial charge in [-0.2, -0.15) is 0 Å². The van der Waals surface area contributed by atoms with Crippen LogP contribution in [-0.4, -0.2) is 14.8 Å². The molecular formula is C24H22N2OS2. The monoisotopic (exact) mass is 418 g/mol. The van der Waals surface area contributed by atoms with Gasteiger partial charge in [-0.3, -0.25) is 9.69 Å². The molecule has 1 saturated heterocycles. The van der Waals surface area contributed by atoms with Crippen molar-refractivity contribution in [2.75, 3.05) is 4.90 Å². The molecule has 0 unspecified atom stereocenters. The summed E-state index contributed by atoms with van der Waals surface area (Å²) in [4.78, 5) is 15.3. The Kier molecular flexibility index (Phi) is 5.19. The van der Waals surface area contributed by atoms with Gasteiger partial charge in [0.2, 0.25) is 0 Å². The zero-order chi connectivity index (χ0) is 20.7.